The fourth-order valence-corrected chi connectivity index (χ4v) is 0.309. The molecule has 0 spiro atoms. The molecule has 0 aliphatic heterocycles. The molecule has 0 saturated heterocycles. The Morgan fingerprint density at radius 1 is 1.62 bits per heavy atom. The summed E-state index contributed by atoms with van der Waals surface area (Å²) in [6.07, 6.45) is 0. The molecule has 0 bridgehead atoms. The Morgan fingerprint density at radius 3 is 2.25 bits per heavy atom. The van der Waals surface area contributed by atoms with Gasteiger partial charge in [0.05, 0.1) is 18.1 Å². The van der Waals surface area contributed by atoms with Crippen molar-refractivity contribution < 1.29 is 5.11 Å². The molecule has 0 aliphatic carbocycles. The molecule has 0 aromatic rings. The van der Waals surface area contributed by atoms with Gasteiger partial charge in [-0.15, -0.1) is 23.2 Å². The molecule has 0 aliphatic rings. The monoisotopic (exact) mass is 153 g/mol. The molecule has 8 heavy (non-hydrogen) atoms. The normalized spacial score (nSPS) is 16.8. The van der Waals surface area contributed by atoms with Crippen molar-refractivity contribution in [3.63, 3.8) is 0 Å². The molecule has 46 valence electrons. The van der Waals surface area contributed by atoms with Crippen LogP contribution < -0.4 is 0 Å². The van der Waals surface area contributed by atoms with Crippen LogP contribution in [0.5, 0.6) is 0 Å². The molecule has 0 rings (SSSR count). The van der Waals surface area contributed by atoms with E-state index in [1.807, 2.05) is 0 Å². The minimum atomic E-state index is -0.790. The van der Waals surface area contributed by atoms with Gasteiger partial charge < -0.3 is 5.11 Å². The van der Waals surface area contributed by atoms with Crippen LogP contribution in [0.3, 0.4) is 0 Å². The van der Waals surface area contributed by atoms with Crippen molar-refractivity contribution >= 4 is 23.2 Å². The van der Waals surface area contributed by atoms with E-state index in [2.05, 4.69) is 0 Å². The molecule has 0 radical (unpaired) electrons. The van der Waals surface area contributed by atoms with Crippen molar-refractivity contribution in [1.29, 1.82) is 5.26 Å². The minimum absolute atomic E-state index is 0.261. The van der Waals surface area contributed by atoms with E-state index in [1.165, 1.54) is 0 Å². The van der Waals surface area contributed by atoms with Gasteiger partial charge in [-0.1, -0.05) is 0 Å². The van der Waals surface area contributed by atoms with E-state index in [1.54, 1.807) is 6.07 Å². The highest BCUT2D eigenvalue weighted by molar-refractivity contribution is 6.31. The summed E-state index contributed by atoms with van der Waals surface area (Å²) in [5, 5.41) is 14.9. The summed E-state index contributed by atoms with van der Waals surface area (Å²) in [7, 11) is 0. The summed E-state index contributed by atoms with van der Waals surface area (Å²) in [6, 6.07) is 1.69. The second-order valence-corrected chi connectivity index (χ2v) is 2.26. The standard InChI is InChI=1S/C4H5Cl2NO/c5-3(1-7)4(6)2-8/h3-4,8H,2H2. The average Bonchev–Trinajstić information content (AvgIpc) is 1.84. The number of alkyl halides is 2. The van der Waals surface area contributed by atoms with Crippen molar-refractivity contribution in [2.75, 3.05) is 6.61 Å². The van der Waals surface area contributed by atoms with Crippen molar-refractivity contribution in [3.8, 4) is 6.07 Å². The molecule has 0 aromatic carbocycles. The number of aliphatic hydroxyl groups is 1. The number of hydrogen-bond acceptors (Lipinski definition) is 2. The van der Waals surface area contributed by atoms with Gasteiger partial charge >= 0.3 is 0 Å². The zero-order chi connectivity index (χ0) is 6.57. The molecule has 0 heterocycles. The van der Waals surface area contributed by atoms with E-state index in [4.69, 9.17) is 33.6 Å². The molecule has 2 atom stereocenters. The summed E-state index contributed by atoms with van der Waals surface area (Å²) < 4.78 is 0. The van der Waals surface area contributed by atoms with E-state index in [-0.39, 0.29) is 6.61 Å². The number of aliphatic hydroxyl groups excluding tert-OH is 1. The van der Waals surface area contributed by atoms with Crippen LogP contribution in [0, 0.1) is 11.3 Å². The first kappa shape index (κ1) is 8.03. The molecule has 0 aromatic heterocycles. The van der Waals surface area contributed by atoms with Crippen LogP contribution in [0.15, 0.2) is 0 Å². The van der Waals surface area contributed by atoms with Crippen molar-refractivity contribution in [2.24, 2.45) is 0 Å². The third-order valence-electron chi connectivity index (χ3n) is 0.615. The van der Waals surface area contributed by atoms with Gasteiger partial charge in [-0.2, -0.15) is 5.26 Å². The first-order chi connectivity index (χ1) is 3.72. The molecular formula is C4H5Cl2NO. The smallest absolute Gasteiger partial charge is 0.139 e. The van der Waals surface area contributed by atoms with Gasteiger partial charge in [0.1, 0.15) is 5.38 Å². The molecule has 2 unspecified atom stereocenters. The second kappa shape index (κ2) is 3.96. The predicted octanol–water partition coefficient (Wildman–Crippen LogP) is 0.717. The van der Waals surface area contributed by atoms with Crippen LogP contribution in [-0.4, -0.2) is 22.5 Å². The largest absolute Gasteiger partial charge is 0.395 e. The Hall–Kier alpha value is 0.0300. The predicted molar refractivity (Wildman–Crippen MR) is 32.0 cm³/mol. The maximum absolute atomic E-state index is 8.27. The van der Waals surface area contributed by atoms with E-state index in [0.29, 0.717) is 0 Å². The number of nitriles is 1. The quantitative estimate of drug-likeness (QED) is 0.595. The number of nitrogens with zero attached hydrogens (tertiary/aromatic N) is 1. The molecule has 4 heteroatoms. The highest BCUT2D eigenvalue weighted by Gasteiger charge is 2.13. The Labute approximate surface area is 57.6 Å². The third kappa shape index (κ3) is 2.37. The van der Waals surface area contributed by atoms with E-state index in [9.17, 15) is 0 Å². The first-order valence-electron chi connectivity index (χ1n) is 2.01. The number of halogens is 2. The summed E-state index contributed by atoms with van der Waals surface area (Å²) in [5.41, 5.74) is 0. The number of rotatable bonds is 2. The molecular weight excluding hydrogens is 149 g/mol. The van der Waals surface area contributed by atoms with Gasteiger partial charge in [-0.05, 0) is 0 Å². The lowest BCUT2D eigenvalue weighted by atomic mass is 10.3. The van der Waals surface area contributed by atoms with Crippen LogP contribution in [0.4, 0.5) is 0 Å². The fourth-order valence-electron chi connectivity index (χ4n) is 0.173. The lowest BCUT2D eigenvalue weighted by molar-refractivity contribution is 0.294. The van der Waals surface area contributed by atoms with Gasteiger partial charge in [0.15, 0.2) is 0 Å². The lowest BCUT2D eigenvalue weighted by Crippen LogP contribution is -2.16. The van der Waals surface area contributed by atoms with Crippen LogP contribution in [0.25, 0.3) is 0 Å². The second-order valence-electron chi connectivity index (χ2n) is 1.23. The van der Waals surface area contributed by atoms with Crippen molar-refractivity contribution in [3.05, 3.63) is 0 Å². The summed E-state index contributed by atoms with van der Waals surface area (Å²) in [5.74, 6) is 0. The van der Waals surface area contributed by atoms with Crippen LogP contribution in [0.1, 0.15) is 0 Å². The van der Waals surface area contributed by atoms with Crippen molar-refractivity contribution in [2.45, 2.75) is 10.8 Å². The zero-order valence-electron chi connectivity index (χ0n) is 4.01. The maximum atomic E-state index is 8.27. The highest BCUT2D eigenvalue weighted by atomic mass is 35.5. The summed E-state index contributed by atoms with van der Waals surface area (Å²) >= 11 is 10.6. The van der Waals surface area contributed by atoms with Gasteiger partial charge in [0.25, 0.3) is 0 Å². The zero-order valence-corrected chi connectivity index (χ0v) is 5.52. The average molecular weight is 154 g/mol. The Kier molecular flexibility index (Phi) is 3.98. The summed E-state index contributed by atoms with van der Waals surface area (Å²) in [4.78, 5) is 0. The molecule has 0 fully saturated rings. The Balaban J connectivity index is 3.49. The van der Waals surface area contributed by atoms with Gasteiger partial charge in [0, 0.05) is 0 Å². The summed E-state index contributed by atoms with van der Waals surface area (Å²) in [6.45, 7) is -0.261. The van der Waals surface area contributed by atoms with Crippen LogP contribution >= 0.6 is 23.2 Å². The van der Waals surface area contributed by atoms with E-state index in [0.717, 1.165) is 0 Å². The van der Waals surface area contributed by atoms with Gasteiger partial charge in [-0.3, -0.25) is 0 Å². The Bertz CT molecular complexity index is 101. The Morgan fingerprint density at radius 2 is 2.12 bits per heavy atom. The van der Waals surface area contributed by atoms with Crippen LogP contribution in [0.2, 0.25) is 0 Å². The molecule has 2 nitrogen and oxygen atoms in total. The van der Waals surface area contributed by atoms with Gasteiger partial charge in [-0.25, -0.2) is 0 Å². The van der Waals surface area contributed by atoms with Gasteiger partial charge in [0.2, 0.25) is 0 Å². The lowest BCUT2D eigenvalue weighted by Gasteiger charge is -2.02. The topological polar surface area (TPSA) is 44.0 Å². The third-order valence-corrected chi connectivity index (χ3v) is 1.54. The van der Waals surface area contributed by atoms with E-state index < -0.39 is 10.8 Å². The number of hydrogen-bond donors (Lipinski definition) is 1. The van der Waals surface area contributed by atoms with Crippen LogP contribution in [-0.2, 0) is 0 Å². The SMILES string of the molecule is N#CC(Cl)C(Cl)CO. The molecule has 0 amide bonds. The minimum Gasteiger partial charge on any atom is -0.395 e. The molecule has 1 N–H and O–H groups in total. The first-order valence-corrected chi connectivity index (χ1v) is 2.88. The highest BCUT2D eigenvalue weighted by Crippen LogP contribution is 2.06. The molecule has 0 saturated carbocycles. The van der Waals surface area contributed by atoms with Crippen molar-refractivity contribution in [1.82, 2.24) is 0 Å². The fraction of sp³-hybridized carbons (Fsp3) is 0.750. The van der Waals surface area contributed by atoms with E-state index >= 15 is 0 Å². The maximum Gasteiger partial charge on any atom is 0.139 e.